The van der Waals surface area contributed by atoms with E-state index in [0.29, 0.717) is 4.83 Å². The van der Waals surface area contributed by atoms with Crippen molar-refractivity contribution in [2.75, 3.05) is 0 Å². The lowest BCUT2D eigenvalue weighted by Gasteiger charge is -2.10. The Morgan fingerprint density at radius 2 is 2.19 bits per heavy atom. The minimum atomic E-state index is -0.346. The summed E-state index contributed by atoms with van der Waals surface area (Å²) < 4.78 is 2.56. The van der Waals surface area contributed by atoms with Crippen molar-refractivity contribution < 1.29 is 0 Å². The summed E-state index contributed by atoms with van der Waals surface area (Å²) >= 11 is 1.35. The second-order valence-corrected chi connectivity index (χ2v) is 4.98. The highest BCUT2D eigenvalue weighted by Crippen LogP contribution is 2.10. The standard InChI is InChI=1S/C10H13N3O2S/c1-4-6(2)12-8(14)5-9-13(10(12)15)11-7(3)16-9/h5-6H,4H2,1-3H3. The van der Waals surface area contributed by atoms with Gasteiger partial charge in [0.1, 0.15) is 9.84 Å². The summed E-state index contributed by atoms with van der Waals surface area (Å²) in [6, 6.07) is 1.37. The van der Waals surface area contributed by atoms with Gasteiger partial charge < -0.3 is 0 Å². The number of aryl methyl sites for hydroxylation is 1. The van der Waals surface area contributed by atoms with Crippen LogP contribution in [0.1, 0.15) is 31.3 Å². The van der Waals surface area contributed by atoms with Gasteiger partial charge >= 0.3 is 5.69 Å². The van der Waals surface area contributed by atoms with Crippen LogP contribution in [0.4, 0.5) is 0 Å². The van der Waals surface area contributed by atoms with E-state index in [1.165, 1.54) is 26.5 Å². The van der Waals surface area contributed by atoms with Crippen LogP contribution in [0.5, 0.6) is 0 Å². The summed E-state index contributed by atoms with van der Waals surface area (Å²) in [6.45, 7) is 5.61. The molecule has 0 aromatic carbocycles. The first-order valence-electron chi connectivity index (χ1n) is 5.16. The number of nitrogens with zero attached hydrogens (tertiary/aromatic N) is 3. The van der Waals surface area contributed by atoms with Crippen molar-refractivity contribution >= 4 is 16.2 Å². The second-order valence-electron chi connectivity index (χ2n) is 3.76. The summed E-state index contributed by atoms with van der Waals surface area (Å²) in [7, 11) is 0. The molecular formula is C10H13N3O2S. The van der Waals surface area contributed by atoms with Crippen LogP contribution in [-0.4, -0.2) is 14.2 Å². The Balaban J connectivity index is 2.85. The first-order chi connectivity index (χ1) is 7.54. The van der Waals surface area contributed by atoms with Gasteiger partial charge in [0, 0.05) is 12.1 Å². The van der Waals surface area contributed by atoms with Crippen molar-refractivity contribution in [2.45, 2.75) is 33.2 Å². The van der Waals surface area contributed by atoms with Crippen molar-refractivity contribution in [3.8, 4) is 0 Å². The Kier molecular flexibility index (Phi) is 2.67. The zero-order valence-electron chi connectivity index (χ0n) is 9.43. The summed E-state index contributed by atoms with van der Waals surface area (Å²) in [4.78, 5) is 24.4. The molecule has 1 atom stereocenters. The molecule has 16 heavy (non-hydrogen) atoms. The second kappa shape index (κ2) is 3.86. The molecule has 2 rings (SSSR count). The normalized spacial score (nSPS) is 13.2. The molecule has 2 heterocycles. The molecule has 0 fully saturated rings. The van der Waals surface area contributed by atoms with E-state index in [-0.39, 0.29) is 17.3 Å². The average molecular weight is 239 g/mol. The van der Waals surface area contributed by atoms with Crippen LogP contribution in [0.15, 0.2) is 15.7 Å². The van der Waals surface area contributed by atoms with E-state index in [0.717, 1.165) is 11.4 Å². The van der Waals surface area contributed by atoms with Crippen LogP contribution < -0.4 is 11.2 Å². The fourth-order valence-corrected chi connectivity index (χ4v) is 2.38. The van der Waals surface area contributed by atoms with Crippen molar-refractivity contribution in [3.05, 3.63) is 31.9 Å². The molecule has 0 aliphatic rings. The molecule has 2 aromatic rings. The van der Waals surface area contributed by atoms with Crippen molar-refractivity contribution in [3.63, 3.8) is 0 Å². The fraction of sp³-hybridized carbons (Fsp3) is 0.500. The van der Waals surface area contributed by atoms with Gasteiger partial charge in [0.2, 0.25) is 0 Å². The van der Waals surface area contributed by atoms with Gasteiger partial charge in [-0.2, -0.15) is 9.61 Å². The summed E-state index contributed by atoms with van der Waals surface area (Å²) in [5.74, 6) is 0. The predicted molar refractivity (Wildman–Crippen MR) is 63.3 cm³/mol. The van der Waals surface area contributed by atoms with Crippen molar-refractivity contribution in [2.24, 2.45) is 0 Å². The molecule has 0 radical (unpaired) electrons. The molecule has 0 aliphatic carbocycles. The molecule has 1 unspecified atom stereocenters. The van der Waals surface area contributed by atoms with Crippen molar-refractivity contribution in [1.82, 2.24) is 14.2 Å². The molecule has 0 saturated heterocycles. The Bertz CT molecular complexity index is 638. The molecule has 0 saturated carbocycles. The molecule has 0 spiro atoms. The van der Waals surface area contributed by atoms with Gasteiger partial charge in [-0.1, -0.05) is 18.3 Å². The third kappa shape index (κ3) is 1.59. The van der Waals surface area contributed by atoms with E-state index in [4.69, 9.17) is 0 Å². The maximum atomic E-state index is 12.0. The monoisotopic (exact) mass is 239 g/mol. The molecule has 2 aromatic heterocycles. The predicted octanol–water partition coefficient (Wildman–Crippen LogP) is 1.20. The lowest BCUT2D eigenvalue weighted by molar-refractivity contribution is 0.481. The van der Waals surface area contributed by atoms with Crippen molar-refractivity contribution in [1.29, 1.82) is 0 Å². The maximum absolute atomic E-state index is 12.0. The Hall–Kier alpha value is -1.43. The largest absolute Gasteiger partial charge is 0.353 e. The first-order valence-corrected chi connectivity index (χ1v) is 5.98. The summed E-state index contributed by atoms with van der Waals surface area (Å²) in [6.07, 6.45) is 0.740. The van der Waals surface area contributed by atoms with Gasteiger partial charge in [-0.05, 0) is 20.3 Å². The minimum absolute atomic E-state index is 0.0982. The quantitative estimate of drug-likeness (QED) is 0.791. The van der Waals surface area contributed by atoms with Crippen LogP contribution in [0.2, 0.25) is 0 Å². The van der Waals surface area contributed by atoms with Gasteiger partial charge in [0.25, 0.3) is 5.56 Å². The molecule has 86 valence electrons. The summed E-state index contributed by atoms with van der Waals surface area (Å²) in [5.41, 5.74) is -0.593. The average Bonchev–Trinajstić information content (AvgIpc) is 2.58. The zero-order chi connectivity index (χ0) is 11.9. The number of hydrogen-bond donors (Lipinski definition) is 0. The lowest BCUT2D eigenvalue weighted by Crippen LogP contribution is -2.38. The van der Waals surface area contributed by atoms with Gasteiger partial charge in [-0.25, -0.2) is 4.79 Å². The van der Waals surface area contributed by atoms with Gasteiger partial charge in [-0.15, -0.1) is 0 Å². The molecule has 0 N–H and O–H groups in total. The number of hydrogen-bond acceptors (Lipinski definition) is 4. The van der Waals surface area contributed by atoms with E-state index >= 15 is 0 Å². The topological polar surface area (TPSA) is 56.4 Å². The van der Waals surface area contributed by atoms with Gasteiger partial charge in [0.05, 0.1) is 0 Å². The minimum Gasteiger partial charge on any atom is -0.269 e. The molecular weight excluding hydrogens is 226 g/mol. The highest BCUT2D eigenvalue weighted by Gasteiger charge is 2.13. The number of rotatable bonds is 2. The van der Waals surface area contributed by atoms with Gasteiger partial charge in [0.15, 0.2) is 0 Å². The Morgan fingerprint density at radius 1 is 1.50 bits per heavy atom. The van der Waals surface area contributed by atoms with E-state index in [1.54, 1.807) is 0 Å². The number of aromatic nitrogens is 3. The Morgan fingerprint density at radius 3 is 2.81 bits per heavy atom. The van der Waals surface area contributed by atoms with E-state index in [9.17, 15) is 9.59 Å². The highest BCUT2D eigenvalue weighted by atomic mass is 32.1. The highest BCUT2D eigenvalue weighted by molar-refractivity contribution is 7.17. The lowest BCUT2D eigenvalue weighted by atomic mass is 10.2. The fourth-order valence-electron chi connectivity index (χ4n) is 1.59. The van der Waals surface area contributed by atoms with Crippen LogP contribution in [0.25, 0.3) is 4.83 Å². The third-order valence-electron chi connectivity index (χ3n) is 2.61. The van der Waals surface area contributed by atoms with Crippen LogP contribution in [0.3, 0.4) is 0 Å². The molecule has 0 bridgehead atoms. The Labute approximate surface area is 96.0 Å². The zero-order valence-corrected chi connectivity index (χ0v) is 10.2. The van der Waals surface area contributed by atoms with Crippen LogP contribution >= 0.6 is 11.3 Å². The van der Waals surface area contributed by atoms with Gasteiger partial charge in [-0.3, -0.25) is 9.36 Å². The molecule has 0 amide bonds. The van der Waals surface area contributed by atoms with E-state index in [2.05, 4.69) is 5.10 Å². The molecule has 6 heteroatoms. The number of fused-ring (bicyclic) bond motifs is 1. The smallest absolute Gasteiger partial charge is 0.269 e. The maximum Gasteiger partial charge on any atom is 0.353 e. The first kappa shape index (κ1) is 11.1. The third-order valence-corrected chi connectivity index (χ3v) is 3.48. The summed E-state index contributed by atoms with van der Waals surface area (Å²) in [5, 5.41) is 4.87. The van der Waals surface area contributed by atoms with Crippen LogP contribution in [-0.2, 0) is 0 Å². The molecule has 5 nitrogen and oxygen atoms in total. The molecule has 0 aliphatic heterocycles. The van der Waals surface area contributed by atoms with Crippen LogP contribution in [0, 0.1) is 6.92 Å². The van der Waals surface area contributed by atoms with E-state index < -0.39 is 0 Å². The SMILES string of the molecule is CCC(C)n1c(=O)cc2sc(C)nn2c1=O. The van der Waals surface area contributed by atoms with E-state index in [1.807, 2.05) is 20.8 Å².